The number of hydrogen-bond donors (Lipinski definition) is 1. The summed E-state index contributed by atoms with van der Waals surface area (Å²) in [5, 5.41) is 1.65. The molecule has 19 heavy (non-hydrogen) atoms. The van der Waals surface area contributed by atoms with Gasteiger partial charge in [0.15, 0.2) is 5.16 Å². The van der Waals surface area contributed by atoms with Crippen molar-refractivity contribution in [1.82, 2.24) is 9.97 Å². The molecule has 1 N–H and O–H groups in total. The van der Waals surface area contributed by atoms with Gasteiger partial charge in [-0.3, -0.25) is 0 Å². The van der Waals surface area contributed by atoms with E-state index in [9.17, 15) is 0 Å². The van der Waals surface area contributed by atoms with Crippen molar-refractivity contribution in [3.63, 3.8) is 0 Å². The molecular formula is C14H10ClIN2S. The smallest absolute Gasteiger partial charge is 0.166 e. The van der Waals surface area contributed by atoms with Crippen LogP contribution in [-0.2, 0) is 5.75 Å². The van der Waals surface area contributed by atoms with Crippen LogP contribution in [0.2, 0.25) is 5.02 Å². The summed E-state index contributed by atoms with van der Waals surface area (Å²) in [6, 6.07) is 14.2. The number of aromatic nitrogens is 2. The van der Waals surface area contributed by atoms with Crippen LogP contribution >= 0.6 is 46.0 Å². The highest BCUT2D eigenvalue weighted by atomic mass is 127. The monoisotopic (exact) mass is 400 g/mol. The van der Waals surface area contributed by atoms with Gasteiger partial charge in [0.05, 0.1) is 11.0 Å². The minimum Gasteiger partial charge on any atom is -0.333 e. The molecule has 2 nitrogen and oxygen atoms in total. The van der Waals surface area contributed by atoms with Crippen molar-refractivity contribution >= 4 is 57.0 Å². The lowest BCUT2D eigenvalue weighted by atomic mass is 10.2. The molecule has 0 aliphatic carbocycles. The zero-order valence-electron chi connectivity index (χ0n) is 9.86. The van der Waals surface area contributed by atoms with Crippen molar-refractivity contribution in [3.05, 3.63) is 56.6 Å². The number of fused-ring (bicyclic) bond motifs is 1. The lowest BCUT2D eigenvalue weighted by Crippen LogP contribution is -1.82. The minimum atomic E-state index is 0.727. The predicted molar refractivity (Wildman–Crippen MR) is 89.8 cm³/mol. The Hall–Kier alpha value is -0.720. The standard InChI is InChI=1S/C14H10ClIN2S/c15-10-3-6-12-13(7-10)18-14(17-12)19-8-9-1-4-11(16)5-2-9/h1-7H,8H2,(H,17,18). The summed E-state index contributed by atoms with van der Waals surface area (Å²) in [6.07, 6.45) is 0. The highest BCUT2D eigenvalue weighted by molar-refractivity contribution is 14.1. The second kappa shape index (κ2) is 5.73. The molecule has 0 fully saturated rings. The summed E-state index contributed by atoms with van der Waals surface area (Å²) in [5.41, 5.74) is 3.23. The average molecular weight is 401 g/mol. The zero-order valence-corrected chi connectivity index (χ0v) is 13.6. The van der Waals surface area contributed by atoms with Gasteiger partial charge in [0.25, 0.3) is 0 Å². The summed E-state index contributed by atoms with van der Waals surface area (Å²) in [4.78, 5) is 7.82. The molecule has 2 aromatic carbocycles. The number of aromatic amines is 1. The van der Waals surface area contributed by atoms with Crippen molar-refractivity contribution in [2.75, 3.05) is 0 Å². The normalized spacial score (nSPS) is 11.1. The van der Waals surface area contributed by atoms with Gasteiger partial charge in [0.2, 0.25) is 0 Å². The van der Waals surface area contributed by atoms with E-state index in [2.05, 4.69) is 56.8 Å². The van der Waals surface area contributed by atoms with E-state index in [1.54, 1.807) is 11.8 Å². The number of rotatable bonds is 3. The van der Waals surface area contributed by atoms with Gasteiger partial charge < -0.3 is 4.98 Å². The molecule has 0 aliphatic heterocycles. The molecular weight excluding hydrogens is 391 g/mol. The van der Waals surface area contributed by atoms with Crippen molar-refractivity contribution in [2.24, 2.45) is 0 Å². The third-order valence-electron chi connectivity index (χ3n) is 2.71. The van der Waals surface area contributed by atoms with Crippen LogP contribution in [0.15, 0.2) is 47.6 Å². The maximum absolute atomic E-state index is 5.96. The summed E-state index contributed by atoms with van der Waals surface area (Å²) < 4.78 is 1.25. The van der Waals surface area contributed by atoms with E-state index in [0.29, 0.717) is 0 Å². The third kappa shape index (κ3) is 3.24. The number of nitrogens with one attached hydrogen (secondary N) is 1. The Bertz CT molecular complexity index is 709. The van der Waals surface area contributed by atoms with Gasteiger partial charge in [0, 0.05) is 14.3 Å². The molecule has 96 valence electrons. The number of hydrogen-bond acceptors (Lipinski definition) is 2. The van der Waals surface area contributed by atoms with Gasteiger partial charge in [0.1, 0.15) is 0 Å². The Labute approximate surface area is 134 Å². The van der Waals surface area contributed by atoms with E-state index in [4.69, 9.17) is 11.6 Å². The molecule has 5 heteroatoms. The molecule has 0 atom stereocenters. The fourth-order valence-corrected chi connectivity index (χ4v) is 3.13. The van der Waals surface area contributed by atoms with Gasteiger partial charge in [-0.2, -0.15) is 0 Å². The quantitative estimate of drug-likeness (QED) is 0.489. The molecule has 0 spiro atoms. The lowest BCUT2D eigenvalue weighted by molar-refractivity contribution is 1.08. The zero-order chi connectivity index (χ0) is 13.2. The number of halogens is 2. The Morgan fingerprint density at radius 2 is 1.95 bits per heavy atom. The Kier molecular flexibility index (Phi) is 4.00. The summed E-state index contributed by atoms with van der Waals surface area (Å²) in [6.45, 7) is 0. The molecule has 1 heterocycles. The van der Waals surface area contributed by atoms with E-state index >= 15 is 0 Å². The highest BCUT2D eigenvalue weighted by Crippen LogP contribution is 2.24. The van der Waals surface area contributed by atoms with Crippen molar-refractivity contribution in [2.45, 2.75) is 10.9 Å². The number of imidazole rings is 1. The Balaban J connectivity index is 1.76. The molecule has 3 aromatic rings. The molecule has 3 rings (SSSR count). The lowest BCUT2D eigenvalue weighted by Gasteiger charge is -1.99. The van der Waals surface area contributed by atoms with Gasteiger partial charge in [-0.1, -0.05) is 35.5 Å². The number of benzene rings is 2. The third-order valence-corrected chi connectivity index (χ3v) is 4.61. The van der Waals surface area contributed by atoms with Crippen molar-refractivity contribution < 1.29 is 0 Å². The molecule has 0 saturated heterocycles. The van der Waals surface area contributed by atoms with Crippen LogP contribution in [0.25, 0.3) is 11.0 Å². The van der Waals surface area contributed by atoms with E-state index in [-0.39, 0.29) is 0 Å². The molecule has 0 saturated carbocycles. The number of H-pyrrole nitrogens is 1. The first-order valence-corrected chi connectivity index (χ1v) is 8.17. The molecule has 0 bridgehead atoms. The van der Waals surface area contributed by atoms with E-state index in [1.807, 2.05) is 18.2 Å². The van der Waals surface area contributed by atoms with E-state index < -0.39 is 0 Å². The molecule has 0 amide bonds. The Morgan fingerprint density at radius 1 is 1.16 bits per heavy atom. The van der Waals surface area contributed by atoms with Crippen LogP contribution < -0.4 is 0 Å². The van der Waals surface area contributed by atoms with Crippen LogP contribution in [0.5, 0.6) is 0 Å². The van der Waals surface area contributed by atoms with Gasteiger partial charge in [-0.05, 0) is 58.5 Å². The summed E-state index contributed by atoms with van der Waals surface area (Å²) >= 11 is 9.97. The fourth-order valence-electron chi connectivity index (χ4n) is 1.76. The summed E-state index contributed by atoms with van der Waals surface area (Å²) in [5.74, 6) is 0.907. The summed E-state index contributed by atoms with van der Waals surface area (Å²) in [7, 11) is 0. The minimum absolute atomic E-state index is 0.727. The van der Waals surface area contributed by atoms with E-state index in [0.717, 1.165) is 27.0 Å². The number of thioether (sulfide) groups is 1. The SMILES string of the molecule is Clc1ccc2nc(SCc3ccc(I)cc3)[nH]c2c1. The van der Waals surface area contributed by atoms with Gasteiger partial charge in [-0.15, -0.1) is 0 Å². The highest BCUT2D eigenvalue weighted by Gasteiger charge is 2.04. The molecule has 0 aliphatic rings. The van der Waals surface area contributed by atoms with Crippen LogP contribution in [0.4, 0.5) is 0 Å². The van der Waals surface area contributed by atoms with Crippen molar-refractivity contribution in [1.29, 1.82) is 0 Å². The second-order valence-corrected chi connectivity index (χ2v) is 6.76. The molecule has 0 radical (unpaired) electrons. The Morgan fingerprint density at radius 3 is 2.74 bits per heavy atom. The first kappa shape index (κ1) is 13.3. The second-order valence-electron chi connectivity index (χ2n) is 4.12. The first-order valence-electron chi connectivity index (χ1n) is 5.73. The van der Waals surface area contributed by atoms with Crippen LogP contribution in [0.1, 0.15) is 5.56 Å². The molecule has 0 unspecified atom stereocenters. The average Bonchev–Trinajstić information content (AvgIpc) is 2.80. The van der Waals surface area contributed by atoms with Crippen LogP contribution in [0, 0.1) is 3.57 Å². The maximum atomic E-state index is 5.96. The van der Waals surface area contributed by atoms with E-state index in [1.165, 1.54) is 9.13 Å². The van der Waals surface area contributed by atoms with Gasteiger partial charge >= 0.3 is 0 Å². The number of nitrogens with zero attached hydrogens (tertiary/aromatic N) is 1. The predicted octanol–water partition coefficient (Wildman–Crippen LogP) is 5.11. The first-order chi connectivity index (χ1) is 9.20. The maximum Gasteiger partial charge on any atom is 0.166 e. The largest absolute Gasteiger partial charge is 0.333 e. The van der Waals surface area contributed by atoms with Crippen LogP contribution in [0.3, 0.4) is 0 Å². The molecule has 1 aromatic heterocycles. The van der Waals surface area contributed by atoms with Crippen LogP contribution in [-0.4, -0.2) is 9.97 Å². The van der Waals surface area contributed by atoms with Crippen molar-refractivity contribution in [3.8, 4) is 0 Å². The van der Waals surface area contributed by atoms with Gasteiger partial charge in [-0.25, -0.2) is 4.98 Å². The fraction of sp³-hybridized carbons (Fsp3) is 0.0714. The topological polar surface area (TPSA) is 28.7 Å².